The van der Waals surface area contributed by atoms with E-state index < -0.39 is 0 Å². The van der Waals surface area contributed by atoms with E-state index in [2.05, 4.69) is 4.98 Å². The minimum Gasteiger partial charge on any atom is -0.441 e. The van der Waals surface area contributed by atoms with Gasteiger partial charge in [0.05, 0.1) is 5.02 Å². The number of aromatic nitrogens is 1. The summed E-state index contributed by atoms with van der Waals surface area (Å²) in [5.41, 5.74) is 10.1. The standard InChI is InChI=1S/C15H13ClN2O/c1-9-18-14-8-13(16)12(7-15(14)19-9)10-3-2-4-11(17)6-5-10/h2,4-8H,3,17H2,1H3. The van der Waals surface area contributed by atoms with Crippen LogP contribution in [-0.2, 0) is 0 Å². The Balaban J connectivity index is 2.14. The van der Waals surface area contributed by atoms with Crippen molar-refractivity contribution in [2.75, 3.05) is 0 Å². The highest BCUT2D eigenvalue weighted by Gasteiger charge is 2.11. The molecule has 1 aromatic heterocycles. The second-order valence-corrected chi connectivity index (χ2v) is 4.90. The molecule has 0 aliphatic heterocycles. The molecule has 1 aliphatic rings. The van der Waals surface area contributed by atoms with Crippen LogP contribution in [0.15, 0.2) is 46.6 Å². The number of rotatable bonds is 1. The molecule has 2 aromatic rings. The molecule has 4 heteroatoms. The lowest BCUT2D eigenvalue weighted by Gasteiger charge is -2.06. The van der Waals surface area contributed by atoms with Gasteiger partial charge in [-0.05, 0) is 36.3 Å². The normalized spacial score (nSPS) is 15.3. The smallest absolute Gasteiger partial charge is 0.192 e. The van der Waals surface area contributed by atoms with Crippen molar-refractivity contribution in [2.45, 2.75) is 13.3 Å². The average Bonchev–Trinajstić information content (AvgIpc) is 2.57. The van der Waals surface area contributed by atoms with Crippen LogP contribution in [0.2, 0.25) is 5.02 Å². The number of aryl methyl sites for hydroxylation is 1. The van der Waals surface area contributed by atoms with Crippen LogP contribution in [0.25, 0.3) is 16.7 Å². The second kappa shape index (κ2) is 4.59. The first kappa shape index (κ1) is 12.1. The van der Waals surface area contributed by atoms with E-state index in [9.17, 15) is 0 Å². The van der Waals surface area contributed by atoms with Gasteiger partial charge in [0.1, 0.15) is 5.52 Å². The molecule has 0 bridgehead atoms. The number of hydrogen-bond acceptors (Lipinski definition) is 3. The summed E-state index contributed by atoms with van der Waals surface area (Å²) in [7, 11) is 0. The quantitative estimate of drug-likeness (QED) is 0.854. The summed E-state index contributed by atoms with van der Waals surface area (Å²) in [6.07, 6.45) is 8.58. The molecular weight excluding hydrogens is 260 g/mol. The fourth-order valence-corrected chi connectivity index (χ4v) is 2.43. The Kier molecular flexibility index (Phi) is 2.91. The molecule has 0 saturated heterocycles. The number of nitrogens with two attached hydrogens (primary N) is 1. The maximum atomic E-state index is 6.34. The zero-order valence-electron chi connectivity index (χ0n) is 10.5. The first-order chi connectivity index (χ1) is 9.13. The molecule has 0 unspecified atom stereocenters. The van der Waals surface area contributed by atoms with Crippen LogP contribution in [0.5, 0.6) is 0 Å². The Morgan fingerprint density at radius 2 is 2.16 bits per heavy atom. The second-order valence-electron chi connectivity index (χ2n) is 4.50. The first-order valence-electron chi connectivity index (χ1n) is 6.03. The molecule has 96 valence electrons. The lowest BCUT2D eigenvalue weighted by molar-refractivity contribution is 0.561. The van der Waals surface area contributed by atoms with Gasteiger partial charge in [-0.25, -0.2) is 4.98 Å². The summed E-state index contributed by atoms with van der Waals surface area (Å²) in [4.78, 5) is 4.27. The molecule has 1 aliphatic carbocycles. The lowest BCUT2D eigenvalue weighted by atomic mass is 10.0. The van der Waals surface area contributed by atoms with Crippen molar-refractivity contribution >= 4 is 28.3 Å². The third kappa shape index (κ3) is 2.29. The number of nitrogens with zero attached hydrogens (tertiary/aromatic N) is 1. The molecule has 3 rings (SSSR count). The van der Waals surface area contributed by atoms with Crippen LogP contribution >= 0.6 is 11.6 Å². The molecule has 0 spiro atoms. The lowest BCUT2D eigenvalue weighted by Crippen LogP contribution is -1.89. The number of allylic oxidation sites excluding steroid dienone is 5. The van der Waals surface area contributed by atoms with Gasteiger partial charge in [-0.3, -0.25) is 0 Å². The van der Waals surface area contributed by atoms with Crippen LogP contribution in [0.3, 0.4) is 0 Å². The van der Waals surface area contributed by atoms with E-state index in [-0.39, 0.29) is 0 Å². The minimum absolute atomic E-state index is 0.641. The van der Waals surface area contributed by atoms with Crippen LogP contribution in [0.4, 0.5) is 0 Å². The molecule has 3 nitrogen and oxygen atoms in total. The summed E-state index contributed by atoms with van der Waals surface area (Å²) in [6.45, 7) is 1.82. The predicted molar refractivity (Wildman–Crippen MR) is 77.8 cm³/mol. The molecule has 2 N–H and O–H groups in total. The molecule has 0 saturated carbocycles. The van der Waals surface area contributed by atoms with Gasteiger partial charge in [0.25, 0.3) is 0 Å². The molecule has 19 heavy (non-hydrogen) atoms. The SMILES string of the molecule is Cc1nc2cc(Cl)c(C3=CC=C(N)C=CC3)cc2o1. The molecule has 0 atom stereocenters. The highest BCUT2D eigenvalue weighted by molar-refractivity contribution is 6.33. The van der Waals surface area contributed by atoms with Crippen molar-refractivity contribution in [2.24, 2.45) is 5.73 Å². The molecule has 0 fully saturated rings. The highest BCUT2D eigenvalue weighted by atomic mass is 35.5. The summed E-state index contributed by atoms with van der Waals surface area (Å²) in [5.74, 6) is 0.641. The van der Waals surface area contributed by atoms with Crippen molar-refractivity contribution in [1.82, 2.24) is 4.98 Å². The number of benzene rings is 1. The van der Waals surface area contributed by atoms with Gasteiger partial charge in [-0.1, -0.05) is 23.8 Å². The predicted octanol–water partition coefficient (Wildman–Crippen LogP) is 3.98. The molecule has 1 heterocycles. The van der Waals surface area contributed by atoms with Gasteiger partial charge in [-0.15, -0.1) is 0 Å². The third-order valence-corrected chi connectivity index (χ3v) is 3.37. The largest absolute Gasteiger partial charge is 0.441 e. The summed E-state index contributed by atoms with van der Waals surface area (Å²) < 4.78 is 5.55. The first-order valence-corrected chi connectivity index (χ1v) is 6.41. The van der Waals surface area contributed by atoms with Crippen molar-refractivity contribution in [1.29, 1.82) is 0 Å². The number of hydrogen-bond donors (Lipinski definition) is 1. The number of fused-ring (bicyclic) bond motifs is 1. The van der Waals surface area contributed by atoms with Crippen LogP contribution < -0.4 is 5.73 Å². The maximum Gasteiger partial charge on any atom is 0.192 e. The van der Waals surface area contributed by atoms with E-state index in [1.54, 1.807) is 0 Å². The summed E-state index contributed by atoms with van der Waals surface area (Å²) in [6, 6.07) is 3.78. The topological polar surface area (TPSA) is 52.0 Å². The highest BCUT2D eigenvalue weighted by Crippen LogP contribution is 2.32. The minimum atomic E-state index is 0.641. The summed E-state index contributed by atoms with van der Waals surface area (Å²) >= 11 is 6.34. The van der Waals surface area contributed by atoms with Gasteiger partial charge in [0.15, 0.2) is 11.5 Å². The van der Waals surface area contributed by atoms with Crippen molar-refractivity contribution in [3.8, 4) is 0 Å². The van der Waals surface area contributed by atoms with E-state index in [0.29, 0.717) is 10.9 Å². The zero-order chi connectivity index (χ0) is 13.4. The van der Waals surface area contributed by atoms with Crippen LogP contribution in [0.1, 0.15) is 17.9 Å². The number of halogens is 1. The van der Waals surface area contributed by atoms with Gasteiger partial charge in [0, 0.05) is 18.2 Å². The zero-order valence-corrected chi connectivity index (χ0v) is 11.2. The van der Waals surface area contributed by atoms with Crippen molar-refractivity contribution in [3.63, 3.8) is 0 Å². The monoisotopic (exact) mass is 272 g/mol. The van der Waals surface area contributed by atoms with Gasteiger partial charge < -0.3 is 10.2 Å². The van der Waals surface area contributed by atoms with E-state index in [1.807, 2.05) is 43.4 Å². The maximum absolute atomic E-state index is 6.34. The third-order valence-electron chi connectivity index (χ3n) is 3.06. The van der Waals surface area contributed by atoms with E-state index in [4.69, 9.17) is 21.8 Å². The Morgan fingerprint density at radius 3 is 3.00 bits per heavy atom. The Hall–Kier alpha value is -2.00. The van der Waals surface area contributed by atoms with Gasteiger partial charge >= 0.3 is 0 Å². The van der Waals surface area contributed by atoms with Gasteiger partial charge in [-0.2, -0.15) is 0 Å². The fraction of sp³-hybridized carbons (Fsp3) is 0.133. The molecule has 0 radical (unpaired) electrons. The Morgan fingerprint density at radius 1 is 1.32 bits per heavy atom. The van der Waals surface area contributed by atoms with Crippen molar-refractivity contribution < 1.29 is 4.42 Å². The molecule has 0 amide bonds. The van der Waals surface area contributed by atoms with Crippen LogP contribution in [0, 0.1) is 6.92 Å². The van der Waals surface area contributed by atoms with Gasteiger partial charge in [0.2, 0.25) is 0 Å². The van der Waals surface area contributed by atoms with E-state index in [0.717, 1.165) is 34.4 Å². The Bertz CT molecular complexity index is 738. The average molecular weight is 273 g/mol. The number of oxazole rings is 1. The van der Waals surface area contributed by atoms with E-state index >= 15 is 0 Å². The van der Waals surface area contributed by atoms with Crippen molar-refractivity contribution in [3.05, 3.63) is 58.6 Å². The van der Waals surface area contributed by atoms with E-state index in [1.165, 1.54) is 0 Å². The van der Waals surface area contributed by atoms with Crippen LogP contribution in [-0.4, -0.2) is 4.98 Å². The molecular formula is C15H13ClN2O. The summed E-state index contributed by atoms with van der Waals surface area (Å²) in [5, 5.41) is 0.675. The fourth-order valence-electron chi connectivity index (χ4n) is 2.15. The Labute approximate surface area is 116 Å². The molecule has 1 aromatic carbocycles.